The van der Waals surface area contributed by atoms with Crippen molar-refractivity contribution in [1.82, 2.24) is 5.32 Å². The van der Waals surface area contributed by atoms with Gasteiger partial charge in [0.25, 0.3) is 0 Å². The highest BCUT2D eigenvalue weighted by Gasteiger charge is 2.09. The van der Waals surface area contributed by atoms with Crippen molar-refractivity contribution in [2.45, 2.75) is 40.2 Å². The molecule has 0 aliphatic rings. The van der Waals surface area contributed by atoms with Gasteiger partial charge in [0.15, 0.2) is 0 Å². The van der Waals surface area contributed by atoms with E-state index in [0.29, 0.717) is 6.61 Å². The molecule has 0 aliphatic carbocycles. The fourth-order valence-corrected chi connectivity index (χ4v) is 1.48. The van der Waals surface area contributed by atoms with Gasteiger partial charge in [-0.2, -0.15) is 0 Å². The van der Waals surface area contributed by atoms with Crippen LogP contribution in [0.3, 0.4) is 0 Å². The Balaban J connectivity index is 2.45. The average molecular weight is 247 g/mol. The molecule has 0 amide bonds. The van der Waals surface area contributed by atoms with Gasteiger partial charge < -0.3 is 10.1 Å². The molecule has 2 nitrogen and oxygen atoms in total. The first-order valence-corrected chi connectivity index (χ1v) is 6.40. The molecule has 0 heterocycles. The van der Waals surface area contributed by atoms with Crippen LogP contribution in [0.5, 0.6) is 5.75 Å². The maximum atomic E-state index is 5.81. The van der Waals surface area contributed by atoms with Crippen LogP contribution < -0.4 is 10.1 Å². The third kappa shape index (κ3) is 5.37. The van der Waals surface area contributed by atoms with Gasteiger partial charge in [-0.05, 0) is 57.4 Å². The monoisotopic (exact) mass is 247 g/mol. The van der Waals surface area contributed by atoms with Gasteiger partial charge in [-0.25, -0.2) is 0 Å². The molecule has 0 spiro atoms. The average Bonchev–Trinajstić information content (AvgIpc) is 2.26. The van der Waals surface area contributed by atoms with Gasteiger partial charge in [-0.3, -0.25) is 0 Å². The van der Waals surface area contributed by atoms with Crippen molar-refractivity contribution in [3.05, 3.63) is 41.5 Å². The molecule has 1 aromatic rings. The lowest BCUT2D eigenvalue weighted by atomic mass is 10.1. The summed E-state index contributed by atoms with van der Waals surface area (Å²) in [5.74, 6) is 0.951. The molecule has 0 radical (unpaired) electrons. The molecule has 0 saturated heterocycles. The fourth-order valence-electron chi connectivity index (χ4n) is 1.48. The maximum absolute atomic E-state index is 5.81. The van der Waals surface area contributed by atoms with Crippen molar-refractivity contribution in [3.63, 3.8) is 0 Å². The van der Waals surface area contributed by atoms with Crippen LogP contribution in [0.15, 0.2) is 30.4 Å². The molecular weight excluding hydrogens is 222 g/mol. The Morgan fingerprint density at radius 1 is 1.28 bits per heavy atom. The molecule has 1 aromatic carbocycles. The topological polar surface area (TPSA) is 21.3 Å². The van der Waals surface area contributed by atoms with Crippen LogP contribution in [0.25, 0.3) is 0 Å². The van der Waals surface area contributed by atoms with Crippen molar-refractivity contribution >= 4 is 0 Å². The zero-order valence-corrected chi connectivity index (χ0v) is 12.3. The second-order valence-corrected chi connectivity index (χ2v) is 5.91. The molecule has 1 rings (SSSR count). The first-order chi connectivity index (χ1) is 8.28. The van der Waals surface area contributed by atoms with E-state index < -0.39 is 0 Å². The van der Waals surface area contributed by atoms with Gasteiger partial charge in [0.1, 0.15) is 12.4 Å². The normalized spacial score (nSPS) is 11.4. The van der Waals surface area contributed by atoms with Gasteiger partial charge in [-0.1, -0.05) is 18.7 Å². The number of benzene rings is 1. The number of ether oxygens (including phenoxy) is 1. The molecular formula is C16H25NO. The summed E-state index contributed by atoms with van der Waals surface area (Å²) in [7, 11) is 0. The Kier molecular flexibility index (Phi) is 4.97. The van der Waals surface area contributed by atoms with Gasteiger partial charge in [0.2, 0.25) is 0 Å². The third-order valence-electron chi connectivity index (χ3n) is 2.64. The Bertz CT molecular complexity index is 416. The minimum Gasteiger partial charge on any atom is -0.489 e. The highest BCUT2D eigenvalue weighted by Crippen LogP contribution is 2.19. The lowest BCUT2D eigenvalue weighted by Crippen LogP contribution is -2.37. The number of nitrogens with one attached hydrogen (secondary N) is 1. The van der Waals surface area contributed by atoms with E-state index in [9.17, 15) is 0 Å². The van der Waals surface area contributed by atoms with Crippen molar-refractivity contribution in [2.24, 2.45) is 0 Å². The third-order valence-corrected chi connectivity index (χ3v) is 2.64. The van der Waals surface area contributed by atoms with E-state index in [4.69, 9.17) is 4.74 Å². The lowest BCUT2D eigenvalue weighted by molar-refractivity contribution is 0.339. The minimum absolute atomic E-state index is 0.113. The smallest absolute Gasteiger partial charge is 0.122 e. The van der Waals surface area contributed by atoms with E-state index in [-0.39, 0.29) is 5.54 Å². The summed E-state index contributed by atoms with van der Waals surface area (Å²) >= 11 is 0. The summed E-state index contributed by atoms with van der Waals surface area (Å²) in [6, 6.07) is 6.25. The Labute approximate surface area is 111 Å². The molecule has 1 N–H and O–H groups in total. The first kappa shape index (κ1) is 14.8. The number of hydrogen-bond acceptors (Lipinski definition) is 2. The van der Waals surface area contributed by atoms with E-state index >= 15 is 0 Å². The van der Waals surface area contributed by atoms with Crippen LogP contribution in [0, 0.1) is 13.8 Å². The fraction of sp³-hybridized carbons (Fsp3) is 0.500. The molecule has 0 atom stereocenters. The largest absolute Gasteiger partial charge is 0.489 e. The predicted molar refractivity (Wildman–Crippen MR) is 78.3 cm³/mol. The highest BCUT2D eigenvalue weighted by molar-refractivity contribution is 5.36. The summed E-state index contributed by atoms with van der Waals surface area (Å²) in [6.07, 6.45) is 0. The van der Waals surface area contributed by atoms with E-state index in [2.05, 4.69) is 64.7 Å². The Morgan fingerprint density at radius 2 is 1.94 bits per heavy atom. The summed E-state index contributed by atoms with van der Waals surface area (Å²) in [4.78, 5) is 0. The molecule has 0 fully saturated rings. The second kappa shape index (κ2) is 6.05. The number of aryl methyl sites for hydroxylation is 2. The standard InChI is InChI=1S/C16H25NO/c1-12-7-8-14(3)15(9-12)18-11-13(2)10-17-16(4,5)6/h7-9,17H,2,10-11H2,1,3-6H3. The Hall–Kier alpha value is -1.28. The summed E-state index contributed by atoms with van der Waals surface area (Å²) in [5, 5.41) is 3.40. The summed E-state index contributed by atoms with van der Waals surface area (Å²) < 4.78 is 5.81. The van der Waals surface area contributed by atoms with Gasteiger partial charge >= 0.3 is 0 Å². The van der Waals surface area contributed by atoms with Gasteiger partial charge in [0.05, 0.1) is 0 Å². The molecule has 0 saturated carbocycles. The zero-order chi connectivity index (χ0) is 13.8. The number of hydrogen-bond donors (Lipinski definition) is 1. The molecule has 0 aromatic heterocycles. The highest BCUT2D eigenvalue weighted by atomic mass is 16.5. The number of rotatable bonds is 5. The van der Waals surface area contributed by atoms with E-state index in [1.165, 1.54) is 5.56 Å². The first-order valence-electron chi connectivity index (χ1n) is 6.40. The molecule has 100 valence electrons. The van der Waals surface area contributed by atoms with Crippen molar-refractivity contribution in [1.29, 1.82) is 0 Å². The van der Waals surface area contributed by atoms with Crippen LogP contribution in [0.2, 0.25) is 0 Å². The van der Waals surface area contributed by atoms with Gasteiger partial charge in [-0.15, -0.1) is 0 Å². The molecule has 0 unspecified atom stereocenters. The summed E-state index contributed by atoms with van der Waals surface area (Å²) in [6.45, 7) is 16.0. The van der Waals surface area contributed by atoms with Crippen LogP contribution in [0.4, 0.5) is 0 Å². The predicted octanol–water partition coefficient (Wildman–Crippen LogP) is 3.63. The van der Waals surface area contributed by atoms with E-state index in [1.54, 1.807) is 0 Å². The molecule has 2 heteroatoms. The van der Waals surface area contributed by atoms with Crippen molar-refractivity contribution in [3.8, 4) is 5.75 Å². The Morgan fingerprint density at radius 3 is 2.56 bits per heavy atom. The lowest BCUT2D eigenvalue weighted by Gasteiger charge is -2.21. The summed E-state index contributed by atoms with van der Waals surface area (Å²) in [5.41, 5.74) is 3.55. The maximum Gasteiger partial charge on any atom is 0.122 e. The zero-order valence-electron chi connectivity index (χ0n) is 12.3. The molecule has 0 bridgehead atoms. The van der Waals surface area contributed by atoms with E-state index in [0.717, 1.165) is 23.4 Å². The van der Waals surface area contributed by atoms with Crippen LogP contribution >= 0.6 is 0 Å². The minimum atomic E-state index is 0.113. The molecule has 18 heavy (non-hydrogen) atoms. The van der Waals surface area contributed by atoms with Gasteiger partial charge in [0, 0.05) is 12.1 Å². The SMILES string of the molecule is C=C(CNC(C)(C)C)COc1cc(C)ccc1C. The van der Waals surface area contributed by atoms with Crippen LogP contribution in [-0.4, -0.2) is 18.7 Å². The van der Waals surface area contributed by atoms with Crippen molar-refractivity contribution in [2.75, 3.05) is 13.2 Å². The second-order valence-electron chi connectivity index (χ2n) is 5.91. The van der Waals surface area contributed by atoms with E-state index in [1.807, 2.05) is 0 Å². The van der Waals surface area contributed by atoms with Crippen molar-refractivity contribution < 1.29 is 4.74 Å². The quantitative estimate of drug-likeness (QED) is 0.802. The van der Waals surface area contributed by atoms with Crippen LogP contribution in [-0.2, 0) is 0 Å². The molecule has 0 aliphatic heterocycles. The van der Waals surface area contributed by atoms with Crippen LogP contribution in [0.1, 0.15) is 31.9 Å².